The summed E-state index contributed by atoms with van der Waals surface area (Å²) in [5.74, 6) is 0. The molecule has 0 atom stereocenters. The Kier molecular flexibility index (Phi) is 4.62. The van der Waals surface area contributed by atoms with Crippen molar-refractivity contribution in [3.05, 3.63) is 47.5 Å². The number of urea groups is 1. The van der Waals surface area contributed by atoms with Crippen molar-refractivity contribution in [2.75, 3.05) is 4.90 Å². The molecule has 4 heteroatoms. The van der Waals surface area contributed by atoms with Crippen LogP contribution in [0.2, 0.25) is 0 Å². The first-order valence-electron chi connectivity index (χ1n) is 8.18. The molecule has 0 unspecified atom stereocenters. The SMILES string of the molecule is CCCc1ccc2c(c1CCC)N(C(N)=O)c1ccccc1S2. The predicted octanol–water partition coefficient (Wildman–Crippen LogP) is 5.27. The number of nitrogens with two attached hydrogens (primary N) is 1. The van der Waals surface area contributed by atoms with Gasteiger partial charge in [0.2, 0.25) is 0 Å². The van der Waals surface area contributed by atoms with Crippen LogP contribution >= 0.6 is 11.8 Å². The Balaban J connectivity index is 2.23. The predicted molar refractivity (Wildman–Crippen MR) is 96.7 cm³/mol. The summed E-state index contributed by atoms with van der Waals surface area (Å²) in [6.45, 7) is 4.36. The van der Waals surface area contributed by atoms with Crippen LogP contribution in [0.4, 0.5) is 16.2 Å². The Morgan fingerprint density at radius 3 is 2.48 bits per heavy atom. The van der Waals surface area contributed by atoms with Gasteiger partial charge in [-0.05, 0) is 42.2 Å². The van der Waals surface area contributed by atoms with Crippen LogP contribution in [0.1, 0.15) is 37.8 Å². The van der Waals surface area contributed by atoms with Crippen LogP contribution in [0.3, 0.4) is 0 Å². The molecule has 120 valence electrons. The number of anilines is 2. The number of fused-ring (bicyclic) bond motifs is 2. The highest BCUT2D eigenvalue weighted by atomic mass is 32.2. The van der Waals surface area contributed by atoms with Crippen molar-refractivity contribution in [1.82, 2.24) is 0 Å². The summed E-state index contributed by atoms with van der Waals surface area (Å²) in [6.07, 6.45) is 4.13. The van der Waals surface area contributed by atoms with Gasteiger partial charge >= 0.3 is 6.03 Å². The number of hydrogen-bond donors (Lipinski definition) is 1. The zero-order chi connectivity index (χ0) is 16.4. The molecule has 1 aliphatic heterocycles. The van der Waals surface area contributed by atoms with E-state index in [1.165, 1.54) is 11.1 Å². The van der Waals surface area contributed by atoms with E-state index >= 15 is 0 Å². The number of nitrogens with zero attached hydrogens (tertiary/aromatic N) is 1. The first-order chi connectivity index (χ1) is 11.2. The monoisotopic (exact) mass is 326 g/mol. The third-order valence-corrected chi connectivity index (χ3v) is 5.25. The maximum Gasteiger partial charge on any atom is 0.323 e. The summed E-state index contributed by atoms with van der Waals surface area (Å²) >= 11 is 1.72. The van der Waals surface area contributed by atoms with E-state index in [-0.39, 0.29) is 0 Å². The lowest BCUT2D eigenvalue weighted by atomic mass is 9.96. The maximum atomic E-state index is 12.2. The minimum Gasteiger partial charge on any atom is -0.351 e. The fourth-order valence-electron chi connectivity index (χ4n) is 3.21. The van der Waals surface area contributed by atoms with Crippen molar-refractivity contribution in [3.8, 4) is 0 Å². The van der Waals surface area contributed by atoms with E-state index in [1.54, 1.807) is 16.7 Å². The van der Waals surface area contributed by atoms with E-state index in [0.717, 1.165) is 46.8 Å². The summed E-state index contributed by atoms with van der Waals surface area (Å²) < 4.78 is 0. The first-order valence-corrected chi connectivity index (χ1v) is 9.00. The molecular weight excluding hydrogens is 304 g/mol. The van der Waals surface area contributed by atoms with Gasteiger partial charge in [0.05, 0.1) is 11.4 Å². The molecule has 2 amide bonds. The minimum atomic E-state index is -0.412. The Hall–Kier alpha value is -1.94. The van der Waals surface area contributed by atoms with Crippen molar-refractivity contribution < 1.29 is 4.79 Å². The average Bonchev–Trinajstić information content (AvgIpc) is 2.55. The molecule has 23 heavy (non-hydrogen) atoms. The highest BCUT2D eigenvalue weighted by Crippen LogP contribution is 2.50. The molecule has 0 saturated heterocycles. The van der Waals surface area contributed by atoms with Crippen LogP contribution in [-0.4, -0.2) is 6.03 Å². The van der Waals surface area contributed by atoms with Gasteiger partial charge in [-0.15, -0.1) is 0 Å². The number of carbonyl (C=O) groups is 1. The molecule has 0 radical (unpaired) electrons. The summed E-state index contributed by atoms with van der Waals surface area (Å²) in [7, 11) is 0. The van der Waals surface area contributed by atoms with E-state index in [4.69, 9.17) is 5.73 Å². The number of carbonyl (C=O) groups excluding carboxylic acids is 1. The van der Waals surface area contributed by atoms with E-state index < -0.39 is 6.03 Å². The molecule has 0 aromatic heterocycles. The Morgan fingerprint density at radius 2 is 1.78 bits per heavy atom. The summed E-state index contributed by atoms with van der Waals surface area (Å²) in [5.41, 5.74) is 10.3. The van der Waals surface area contributed by atoms with Crippen molar-refractivity contribution in [3.63, 3.8) is 0 Å². The topological polar surface area (TPSA) is 46.3 Å². The van der Waals surface area contributed by atoms with Gasteiger partial charge in [0.1, 0.15) is 0 Å². The van der Waals surface area contributed by atoms with Crippen LogP contribution in [0.25, 0.3) is 0 Å². The van der Waals surface area contributed by atoms with E-state index in [9.17, 15) is 4.79 Å². The number of hydrogen-bond acceptors (Lipinski definition) is 2. The van der Waals surface area contributed by atoms with E-state index in [1.807, 2.05) is 24.3 Å². The number of amides is 2. The Labute approximate surface area is 141 Å². The standard InChI is InChI=1S/C19H22N2OS/c1-3-7-13-11-12-17-18(14(13)8-4-2)21(19(20)22)15-9-5-6-10-16(15)23-17/h5-6,9-12H,3-4,7-8H2,1-2H3,(H2,20,22). The summed E-state index contributed by atoms with van der Waals surface area (Å²) in [5, 5.41) is 0. The van der Waals surface area contributed by atoms with Crippen LogP contribution in [0.15, 0.2) is 46.2 Å². The molecule has 2 N–H and O–H groups in total. The van der Waals surface area contributed by atoms with Gasteiger partial charge in [-0.2, -0.15) is 0 Å². The fraction of sp³-hybridized carbons (Fsp3) is 0.316. The van der Waals surface area contributed by atoms with Gasteiger partial charge in [-0.1, -0.05) is 56.7 Å². The van der Waals surface area contributed by atoms with E-state index in [2.05, 4.69) is 26.0 Å². The number of benzene rings is 2. The molecule has 0 saturated carbocycles. The Morgan fingerprint density at radius 1 is 1.04 bits per heavy atom. The van der Waals surface area contributed by atoms with Crippen LogP contribution in [-0.2, 0) is 12.8 Å². The molecule has 1 aliphatic rings. The van der Waals surface area contributed by atoms with Gasteiger partial charge in [0.25, 0.3) is 0 Å². The normalized spacial score (nSPS) is 12.7. The average molecular weight is 326 g/mol. The van der Waals surface area contributed by atoms with Crippen LogP contribution in [0.5, 0.6) is 0 Å². The highest BCUT2D eigenvalue weighted by molar-refractivity contribution is 7.99. The van der Waals surface area contributed by atoms with Crippen molar-refractivity contribution in [1.29, 1.82) is 0 Å². The number of rotatable bonds is 4. The summed E-state index contributed by atoms with van der Waals surface area (Å²) in [6, 6.07) is 11.9. The second-order valence-corrected chi connectivity index (χ2v) is 6.88. The number of primary amides is 1. The molecule has 2 aromatic rings. The van der Waals surface area contributed by atoms with Gasteiger partial charge in [-0.3, -0.25) is 4.90 Å². The van der Waals surface area contributed by atoms with Gasteiger partial charge in [0, 0.05) is 9.79 Å². The van der Waals surface area contributed by atoms with Crippen LogP contribution in [0, 0.1) is 0 Å². The summed E-state index contributed by atoms with van der Waals surface area (Å²) in [4.78, 5) is 16.1. The molecule has 3 nitrogen and oxygen atoms in total. The number of para-hydroxylation sites is 1. The quantitative estimate of drug-likeness (QED) is 0.831. The lowest BCUT2D eigenvalue weighted by Gasteiger charge is -2.32. The molecule has 0 aliphatic carbocycles. The zero-order valence-electron chi connectivity index (χ0n) is 13.6. The lowest BCUT2D eigenvalue weighted by Crippen LogP contribution is -2.34. The molecule has 0 spiro atoms. The third-order valence-electron chi connectivity index (χ3n) is 4.13. The molecule has 3 rings (SSSR count). The van der Waals surface area contributed by atoms with Crippen molar-refractivity contribution in [2.24, 2.45) is 5.73 Å². The molecule has 2 aromatic carbocycles. The third kappa shape index (κ3) is 2.83. The highest BCUT2D eigenvalue weighted by Gasteiger charge is 2.29. The smallest absolute Gasteiger partial charge is 0.323 e. The second-order valence-electron chi connectivity index (χ2n) is 5.79. The largest absolute Gasteiger partial charge is 0.351 e. The minimum absolute atomic E-state index is 0.412. The molecular formula is C19H22N2OS. The van der Waals surface area contributed by atoms with Gasteiger partial charge in [-0.25, -0.2) is 4.79 Å². The maximum absolute atomic E-state index is 12.2. The number of aryl methyl sites for hydroxylation is 1. The first kappa shape index (κ1) is 15.9. The lowest BCUT2D eigenvalue weighted by molar-refractivity contribution is 0.256. The van der Waals surface area contributed by atoms with Gasteiger partial charge < -0.3 is 5.73 Å². The second kappa shape index (κ2) is 6.67. The molecule has 0 bridgehead atoms. The van der Waals surface area contributed by atoms with Crippen molar-refractivity contribution >= 4 is 29.2 Å². The fourth-order valence-corrected chi connectivity index (χ4v) is 4.31. The molecule has 1 heterocycles. The van der Waals surface area contributed by atoms with Crippen LogP contribution < -0.4 is 10.6 Å². The van der Waals surface area contributed by atoms with Gasteiger partial charge in [0.15, 0.2) is 0 Å². The van der Waals surface area contributed by atoms with Crippen molar-refractivity contribution in [2.45, 2.75) is 49.3 Å². The Bertz CT molecular complexity index is 742. The van der Waals surface area contributed by atoms with E-state index in [0.29, 0.717) is 0 Å². The molecule has 0 fully saturated rings. The zero-order valence-corrected chi connectivity index (χ0v) is 14.5.